The summed E-state index contributed by atoms with van der Waals surface area (Å²) in [6, 6.07) is 4.31. The van der Waals surface area contributed by atoms with Crippen LogP contribution in [0, 0.1) is 5.92 Å². The maximum Gasteiger partial charge on any atom is 0.335 e. The van der Waals surface area contributed by atoms with E-state index in [1.807, 2.05) is 20.8 Å². The highest BCUT2D eigenvalue weighted by Crippen LogP contribution is 2.20. The summed E-state index contributed by atoms with van der Waals surface area (Å²) in [5.74, 6) is -0.703. The number of hydrogen-bond donors (Lipinski definition) is 3. The van der Waals surface area contributed by atoms with Gasteiger partial charge in [-0.25, -0.2) is 9.59 Å². The fraction of sp³-hybridized carbons (Fsp3) is 0.429. The van der Waals surface area contributed by atoms with Crippen molar-refractivity contribution in [3.63, 3.8) is 0 Å². The van der Waals surface area contributed by atoms with E-state index in [1.165, 1.54) is 12.1 Å². The Hall–Kier alpha value is -1.56. The predicted octanol–water partition coefficient (Wildman–Crippen LogP) is 3.70. The molecule has 1 rings (SSSR count). The molecule has 0 heterocycles. The highest BCUT2D eigenvalue weighted by Gasteiger charge is 2.14. The molecule has 0 spiro atoms. The molecule has 20 heavy (non-hydrogen) atoms. The van der Waals surface area contributed by atoms with Crippen molar-refractivity contribution >= 4 is 33.6 Å². The smallest absolute Gasteiger partial charge is 0.335 e. The first-order valence-corrected chi connectivity index (χ1v) is 7.24. The quantitative estimate of drug-likeness (QED) is 0.763. The normalized spacial score (nSPS) is 12.1. The summed E-state index contributed by atoms with van der Waals surface area (Å²) in [5.41, 5.74) is 0.554. The molecule has 0 aliphatic rings. The third kappa shape index (κ3) is 4.85. The Morgan fingerprint density at radius 1 is 1.30 bits per heavy atom. The van der Waals surface area contributed by atoms with Gasteiger partial charge in [0.1, 0.15) is 0 Å². The number of rotatable bonds is 5. The second-order valence-corrected chi connectivity index (χ2v) is 5.81. The summed E-state index contributed by atoms with van der Waals surface area (Å²) in [6.45, 7) is 6.08. The second kappa shape index (κ2) is 7.28. The molecule has 2 amide bonds. The summed E-state index contributed by atoms with van der Waals surface area (Å²) < 4.78 is 0.601. The fourth-order valence-electron chi connectivity index (χ4n) is 1.86. The fourth-order valence-corrected chi connectivity index (χ4v) is 2.35. The molecule has 5 nitrogen and oxygen atoms in total. The lowest BCUT2D eigenvalue weighted by molar-refractivity contribution is 0.0697. The van der Waals surface area contributed by atoms with E-state index < -0.39 is 5.97 Å². The number of halogens is 1. The minimum Gasteiger partial charge on any atom is -0.478 e. The van der Waals surface area contributed by atoms with Gasteiger partial charge in [0.05, 0.1) is 5.56 Å². The first kappa shape index (κ1) is 16.5. The zero-order valence-corrected chi connectivity index (χ0v) is 13.3. The monoisotopic (exact) mass is 342 g/mol. The molecular weight excluding hydrogens is 324 g/mol. The summed E-state index contributed by atoms with van der Waals surface area (Å²) in [5, 5.41) is 14.5. The molecule has 0 fully saturated rings. The van der Waals surface area contributed by atoms with Crippen molar-refractivity contribution in [2.75, 3.05) is 5.32 Å². The standard InChI is InChI=1S/C14H19BrN2O3/c1-4-12(8(2)3)17-14(20)16-11-6-9(13(18)19)5-10(15)7-11/h5-8,12H,4H2,1-3H3,(H,18,19)(H2,16,17,20). The van der Waals surface area contributed by atoms with Crippen molar-refractivity contribution in [3.05, 3.63) is 28.2 Å². The van der Waals surface area contributed by atoms with Crippen LogP contribution in [0.15, 0.2) is 22.7 Å². The van der Waals surface area contributed by atoms with Crippen LogP contribution >= 0.6 is 15.9 Å². The zero-order chi connectivity index (χ0) is 15.3. The Kier molecular flexibility index (Phi) is 6.01. The van der Waals surface area contributed by atoms with Gasteiger partial charge in [-0.1, -0.05) is 36.7 Å². The van der Waals surface area contributed by atoms with E-state index in [2.05, 4.69) is 26.6 Å². The molecule has 0 bridgehead atoms. The van der Waals surface area contributed by atoms with Gasteiger partial charge in [-0.05, 0) is 30.5 Å². The highest BCUT2D eigenvalue weighted by atomic mass is 79.9. The van der Waals surface area contributed by atoms with Gasteiger partial charge in [-0.2, -0.15) is 0 Å². The van der Waals surface area contributed by atoms with Crippen LogP contribution in [0.1, 0.15) is 37.6 Å². The number of anilines is 1. The van der Waals surface area contributed by atoms with Gasteiger partial charge < -0.3 is 15.7 Å². The molecule has 1 aromatic rings. The van der Waals surface area contributed by atoms with Crippen LogP contribution in [0.2, 0.25) is 0 Å². The topological polar surface area (TPSA) is 78.4 Å². The number of carboxylic acid groups (broad SMARTS) is 1. The average molecular weight is 343 g/mol. The van der Waals surface area contributed by atoms with E-state index in [0.29, 0.717) is 16.1 Å². The molecule has 3 N–H and O–H groups in total. The molecule has 6 heteroatoms. The van der Waals surface area contributed by atoms with Gasteiger partial charge in [0.2, 0.25) is 0 Å². The van der Waals surface area contributed by atoms with E-state index in [-0.39, 0.29) is 17.6 Å². The Balaban J connectivity index is 2.78. The number of amides is 2. The Bertz CT molecular complexity index is 503. The van der Waals surface area contributed by atoms with Gasteiger partial charge in [0, 0.05) is 16.2 Å². The lowest BCUT2D eigenvalue weighted by Crippen LogP contribution is -2.40. The third-order valence-corrected chi connectivity index (χ3v) is 3.42. The van der Waals surface area contributed by atoms with Crippen LogP contribution in [0.4, 0.5) is 10.5 Å². The average Bonchev–Trinajstić information content (AvgIpc) is 2.34. The molecule has 1 aromatic carbocycles. The first-order valence-electron chi connectivity index (χ1n) is 6.44. The third-order valence-electron chi connectivity index (χ3n) is 2.96. The van der Waals surface area contributed by atoms with Crippen LogP contribution in [0.25, 0.3) is 0 Å². The van der Waals surface area contributed by atoms with E-state index >= 15 is 0 Å². The van der Waals surface area contributed by atoms with E-state index in [9.17, 15) is 9.59 Å². The molecule has 0 saturated carbocycles. The van der Waals surface area contributed by atoms with Crippen molar-refractivity contribution in [2.45, 2.75) is 33.2 Å². The van der Waals surface area contributed by atoms with Crippen molar-refractivity contribution in [1.82, 2.24) is 5.32 Å². The summed E-state index contributed by atoms with van der Waals surface area (Å²) >= 11 is 3.22. The molecule has 0 saturated heterocycles. The first-order chi connectivity index (χ1) is 9.33. The predicted molar refractivity (Wildman–Crippen MR) is 82.2 cm³/mol. The van der Waals surface area contributed by atoms with Gasteiger partial charge in [-0.15, -0.1) is 0 Å². The maximum absolute atomic E-state index is 11.9. The Morgan fingerprint density at radius 3 is 2.45 bits per heavy atom. The van der Waals surface area contributed by atoms with E-state index in [1.54, 1.807) is 6.07 Å². The van der Waals surface area contributed by atoms with E-state index in [4.69, 9.17) is 5.11 Å². The van der Waals surface area contributed by atoms with Crippen LogP contribution < -0.4 is 10.6 Å². The lowest BCUT2D eigenvalue weighted by atomic mass is 10.0. The van der Waals surface area contributed by atoms with Crippen molar-refractivity contribution in [1.29, 1.82) is 0 Å². The molecular formula is C14H19BrN2O3. The number of nitrogens with one attached hydrogen (secondary N) is 2. The molecule has 0 aliphatic carbocycles. The summed E-state index contributed by atoms with van der Waals surface area (Å²) in [6.07, 6.45) is 0.837. The minimum atomic E-state index is -1.04. The number of aromatic carboxylic acids is 1. The molecule has 110 valence electrons. The molecule has 1 atom stereocenters. The lowest BCUT2D eigenvalue weighted by Gasteiger charge is -2.21. The van der Waals surface area contributed by atoms with Gasteiger partial charge in [0.15, 0.2) is 0 Å². The van der Waals surface area contributed by atoms with Crippen molar-refractivity contribution in [3.8, 4) is 0 Å². The second-order valence-electron chi connectivity index (χ2n) is 4.89. The summed E-state index contributed by atoms with van der Waals surface area (Å²) in [7, 11) is 0. The van der Waals surface area contributed by atoms with Crippen molar-refractivity contribution in [2.24, 2.45) is 5.92 Å². The SMILES string of the molecule is CCC(NC(=O)Nc1cc(Br)cc(C(=O)O)c1)C(C)C. The Labute approximate surface area is 126 Å². The largest absolute Gasteiger partial charge is 0.478 e. The molecule has 0 aliphatic heterocycles. The van der Waals surface area contributed by atoms with Gasteiger partial charge in [0.25, 0.3) is 0 Å². The zero-order valence-electron chi connectivity index (χ0n) is 11.7. The van der Waals surface area contributed by atoms with Gasteiger partial charge >= 0.3 is 12.0 Å². The number of benzene rings is 1. The van der Waals surface area contributed by atoms with Crippen LogP contribution in [0.3, 0.4) is 0 Å². The molecule has 0 aromatic heterocycles. The minimum absolute atomic E-state index is 0.0843. The van der Waals surface area contributed by atoms with Crippen LogP contribution in [0.5, 0.6) is 0 Å². The number of carboxylic acids is 1. The molecule has 1 unspecified atom stereocenters. The van der Waals surface area contributed by atoms with Gasteiger partial charge in [-0.3, -0.25) is 0 Å². The summed E-state index contributed by atoms with van der Waals surface area (Å²) in [4.78, 5) is 22.8. The maximum atomic E-state index is 11.9. The number of hydrogen-bond acceptors (Lipinski definition) is 2. The van der Waals surface area contributed by atoms with Crippen molar-refractivity contribution < 1.29 is 14.7 Å². The van der Waals surface area contributed by atoms with Crippen LogP contribution in [-0.4, -0.2) is 23.1 Å². The van der Waals surface area contributed by atoms with Crippen LogP contribution in [-0.2, 0) is 0 Å². The highest BCUT2D eigenvalue weighted by molar-refractivity contribution is 9.10. The number of urea groups is 1. The van der Waals surface area contributed by atoms with E-state index in [0.717, 1.165) is 6.42 Å². The number of carbonyl (C=O) groups is 2. The number of carbonyl (C=O) groups excluding carboxylic acids is 1. The Morgan fingerprint density at radius 2 is 1.95 bits per heavy atom. The molecule has 0 radical (unpaired) electrons.